The fraction of sp³-hybridized carbons (Fsp3) is 0.412. The van der Waals surface area contributed by atoms with Gasteiger partial charge in [0.2, 0.25) is 0 Å². The lowest BCUT2D eigenvalue weighted by molar-refractivity contribution is 0.254. The monoisotopic (exact) mass is 289 g/mol. The third kappa shape index (κ3) is 4.02. The standard InChI is InChI=1S/C17H23NO3/c1-5-18-10-14-9-15(21-13(14)3)11-20-16-7-6-12(2)8-17(16)19-4/h6-9,18H,5,10-11H2,1-4H3. The number of aryl methyl sites for hydroxylation is 2. The van der Waals surface area contributed by atoms with Gasteiger partial charge in [-0.3, -0.25) is 0 Å². The van der Waals surface area contributed by atoms with Crippen LogP contribution in [0.25, 0.3) is 0 Å². The van der Waals surface area contributed by atoms with Crippen molar-refractivity contribution in [3.8, 4) is 11.5 Å². The molecule has 0 saturated heterocycles. The van der Waals surface area contributed by atoms with E-state index in [2.05, 4.69) is 12.2 Å². The molecular formula is C17H23NO3. The second-order valence-corrected chi connectivity index (χ2v) is 5.02. The van der Waals surface area contributed by atoms with E-state index in [4.69, 9.17) is 13.9 Å². The Morgan fingerprint density at radius 1 is 1.14 bits per heavy atom. The number of rotatable bonds is 7. The Bertz CT molecular complexity index is 590. The molecule has 0 aliphatic heterocycles. The van der Waals surface area contributed by atoms with Crippen LogP contribution in [-0.4, -0.2) is 13.7 Å². The number of benzene rings is 1. The van der Waals surface area contributed by atoms with Crippen LogP contribution in [0.1, 0.15) is 29.6 Å². The van der Waals surface area contributed by atoms with Gasteiger partial charge in [-0.25, -0.2) is 0 Å². The van der Waals surface area contributed by atoms with E-state index in [-0.39, 0.29) is 0 Å². The summed E-state index contributed by atoms with van der Waals surface area (Å²) in [5.41, 5.74) is 2.31. The fourth-order valence-corrected chi connectivity index (χ4v) is 2.14. The van der Waals surface area contributed by atoms with Crippen molar-refractivity contribution in [2.75, 3.05) is 13.7 Å². The van der Waals surface area contributed by atoms with Crippen LogP contribution in [0.15, 0.2) is 28.7 Å². The van der Waals surface area contributed by atoms with E-state index in [9.17, 15) is 0 Å². The van der Waals surface area contributed by atoms with Crippen LogP contribution in [-0.2, 0) is 13.2 Å². The predicted molar refractivity (Wildman–Crippen MR) is 82.9 cm³/mol. The molecule has 0 aliphatic carbocycles. The second-order valence-electron chi connectivity index (χ2n) is 5.02. The lowest BCUT2D eigenvalue weighted by atomic mass is 10.2. The molecule has 0 radical (unpaired) electrons. The van der Waals surface area contributed by atoms with Crippen LogP contribution < -0.4 is 14.8 Å². The van der Waals surface area contributed by atoms with Crippen molar-refractivity contribution in [3.05, 3.63) is 46.9 Å². The van der Waals surface area contributed by atoms with Crippen LogP contribution in [0.5, 0.6) is 11.5 Å². The molecule has 114 valence electrons. The van der Waals surface area contributed by atoms with E-state index in [0.717, 1.165) is 41.7 Å². The first-order valence-corrected chi connectivity index (χ1v) is 7.20. The minimum atomic E-state index is 0.395. The minimum absolute atomic E-state index is 0.395. The summed E-state index contributed by atoms with van der Waals surface area (Å²) in [5, 5.41) is 3.30. The van der Waals surface area contributed by atoms with Crippen molar-refractivity contribution in [1.82, 2.24) is 5.32 Å². The van der Waals surface area contributed by atoms with Gasteiger partial charge in [0.05, 0.1) is 7.11 Å². The van der Waals surface area contributed by atoms with E-state index < -0.39 is 0 Å². The van der Waals surface area contributed by atoms with Crippen molar-refractivity contribution in [2.24, 2.45) is 0 Å². The van der Waals surface area contributed by atoms with E-state index in [1.165, 1.54) is 5.56 Å². The summed E-state index contributed by atoms with van der Waals surface area (Å²) >= 11 is 0. The van der Waals surface area contributed by atoms with Crippen molar-refractivity contribution in [2.45, 2.75) is 33.9 Å². The highest BCUT2D eigenvalue weighted by molar-refractivity contribution is 5.42. The number of methoxy groups -OCH3 is 1. The molecule has 0 unspecified atom stereocenters. The first-order chi connectivity index (χ1) is 10.1. The summed E-state index contributed by atoms with van der Waals surface area (Å²) in [6.45, 7) is 8.24. The topological polar surface area (TPSA) is 43.6 Å². The van der Waals surface area contributed by atoms with E-state index in [1.807, 2.05) is 38.1 Å². The maximum Gasteiger partial charge on any atom is 0.161 e. The highest BCUT2D eigenvalue weighted by atomic mass is 16.5. The van der Waals surface area contributed by atoms with Crippen molar-refractivity contribution < 1.29 is 13.9 Å². The Morgan fingerprint density at radius 3 is 2.67 bits per heavy atom. The molecule has 0 amide bonds. The summed E-state index contributed by atoms with van der Waals surface area (Å²) in [6.07, 6.45) is 0. The summed E-state index contributed by atoms with van der Waals surface area (Å²) < 4.78 is 16.9. The zero-order chi connectivity index (χ0) is 15.2. The molecule has 1 aromatic heterocycles. The molecule has 1 aromatic carbocycles. The average Bonchev–Trinajstić information content (AvgIpc) is 2.83. The molecule has 2 aromatic rings. The van der Waals surface area contributed by atoms with Gasteiger partial charge in [0.1, 0.15) is 18.1 Å². The van der Waals surface area contributed by atoms with Crippen molar-refractivity contribution in [3.63, 3.8) is 0 Å². The molecule has 0 saturated carbocycles. The lowest BCUT2D eigenvalue weighted by Gasteiger charge is -2.10. The van der Waals surface area contributed by atoms with Gasteiger partial charge in [0, 0.05) is 12.1 Å². The maximum atomic E-state index is 5.80. The smallest absolute Gasteiger partial charge is 0.161 e. The number of ether oxygens (including phenoxy) is 2. The van der Waals surface area contributed by atoms with E-state index in [1.54, 1.807) is 7.11 Å². The van der Waals surface area contributed by atoms with Gasteiger partial charge >= 0.3 is 0 Å². The lowest BCUT2D eigenvalue weighted by Crippen LogP contribution is -2.11. The zero-order valence-corrected chi connectivity index (χ0v) is 13.2. The summed E-state index contributed by atoms with van der Waals surface area (Å²) in [7, 11) is 1.65. The molecule has 4 heteroatoms. The summed E-state index contributed by atoms with van der Waals surface area (Å²) in [6, 6.07) is 7.92. The van der Waals surface area contributed by atoms with E-state index >= 15 is 0 Å². The first kappa shape index (κ1) is 15.4. The number of nitrogens with one attached hydrogen (secondary N) is 1. The Labute approximate surface area is 126 Å². The quantitative estimate of drug-likeness (QED) is 0.846. The van der Waals surface area contributed by atoms with Gasteiger partial charge in [-0.05, 0) is 44.2 Å². The van der Waals surface area contributed by atoms with Gasteiger partial charge in [0.25, 0.3) is 0 Å². The molecule has 1 N–H and O–H groups in total. The SMILES string of the molecule is CCNCc1cc(COc2ccc(C)cc2OC)oc1C. The number of hydrogen-bond acceptors (Lipinski definition) is 4. The third-order valence-corrected chi connectivity index (χ3v) is 3.33. The Balaban J connectivity index is 2.03. The molecule has 0 aliphatic rings. The van der Waals surface area contributed by atoms with Crippen LogP contribution in [0, 0.1) is 13.8 Å². The van der Waals surface area contributed by atoms with Crippen LogP contribution in [0.3, 0.4) is 0 Å². The molecule has 1 heterocycles. The number of furan rings is 1. The second kappa shape index (κ2) is 7.18. The third-order valence-electron chi connectivity index (χ3n) is 3.33. The van der Waals surface area contributed by atoms with Gasteiger partial charge in [-0.2, -0.15) is 0 Å². The zero-order valence-electron chi connectivity index (χ0n) is 13.2. The van der Waals surface area contributed by atoms with Gasteiger partial charge < -0.3 is 19.2 Å². The minimum Gasteiger partial charge on any atom is -0.493 e. The molecule has 21 heavy (non-hydrogen) atoms. The molecule has 0 spiro atoms. The Hall–Kier alpha value is -1.94. The molecule has 4 nitrogen and oxygen atoms in total. The molecule has 0 bridgehead atoms. The molecular weight excluding hydrogens is 266 g/mol. The number of hydrogen-bond donors (Lipinski definition) is 1. The largest absolute Gasteiger partial charge is 0.493 e. The fourth-order valence-electron chi connectivity index (χ4n) is 2.14. The van der Waals surface area contributed by atoms with Gasteiger partial charge in [-0.1, -0.05) is 13.0 Å². The van der Waals surface area contributed by atoms with Crippen molar-refractivity contribution in [1.29, 1.82) is 0 Å². The highest BCUT2D eigenvalue weighted by Gasteiger charge is 2.09. The van der Waals surface area contributed by atoms with Gasteiger partial charge in [-0.15, -0.1) is 0 Å². The molecule has 0 fully saturated rings. The Morgan fingerprint density at radius 2 is 1.95 bits per heavy atom. The maximum absolute atomic E-state index is 5.80. The average molecular weight is 289 g/mol. The van der Waals surface area contributed by atoms with Crippen molar-refractivity contribution >= 4 is 0 Å². The van der Waals surface area contributed by atoms with Gasteiger partial charge in [0.15, 0.2) is 11.5 Å². The summed E-state index contributed by atoms with van der Waals surface area (Å²) in [4.78, 5) is 0. The Kier molecular flexibility index (Phi) is 5.28. The molecule has 0 atom stereocenters. The van der Waals surface area contributed by atoms with Crippen LogP contribution in [0.2, 0.25) is 0 Å². The highest BCUT2D eigenvalue weighted by Crippen LogP contribution is 2.29. The van der Waals surface area contributed by atoms with Crippen LogP contribution >= 0.6 is 0 Å². The molecule has 2 rings (SSSR count). The summed E-state index contributed by atoms with van der Waals surface area (Å²) in [5.74, 6) is 3.23. The predicted octanol–water partition coefficient (Wildman–Crippen LogP) is 3.59. The van der Waals surface area contributed by atoms with Crippen LogP contribution in [0.4, 0.5) is 0 Å². The normalized spacial score (nSPS) is 10.7. The first-order valence-electron chi connectivity index (χ1n) is 7.20. The van der Waals surface area contributed by atoms with E-state index in [0.29, 0.717) is 6.61 Å².